The van der Waals surface area contributed by atoms with Crippen LogP contribution in [0, 0.1) is 13.8 Å². The molecular formula is C15H20N2O2. The number of nitrogens with one attached hydrogen (secondary N) is 1. The van der Waals surface area contributed by atoms with E-state index in [1.54, 1.807) is 13.1 Å². The second kappa shape index (κ2) is 4.96. The Labute approximate surface area is 113 Å². The van der Waals surface area contributed by atoms with Crippen LogP contribution in [-0.4, -0.2) is 15.9 Å². The molecule has 0 amide bonds. The van der Waals surface area contributed by atoms with E-state index in [9.17, 15) is 4.79 Å². The molecule has 1 N–H and O–H groups in total. The minimum atomic E-state index is -0.0328. The van der Waals surface area contributed by atoms with Crippen LogP contribution in [0.2, 0.25) is 0 Å². The van der Waals surface area contributed by atoms with E-state index in [0.717, 1.165) is 28.1 Å². The van der Waals surface area contributed by atoms with E-state index in [4.69, 9.17) is 4.74 Å². The van der Waals surface area contributed by atoms with Crippen molar-refractivity contribution >= 4 is 0 Å². The van der Waals surface area contributed by atoms with Gasteiger partial charge in [-0.2, -0.15) is 0 Å². The molecular weight excluding hydrogens is 240 g/mol. The minimum absolute atomic E-state index is 0.0328. The van der Waals surface area contributed by atoms with Gasteiger partial charge in [0.05, 0.1) is 11.8 Å². The molecule has 0 radical (unpaired) electrons. The molecule has 0 aliphatic carbocycles. The number of H-pyrrole nitrogens is 1. The van der Waals surface area contributed by atoms with Gasteiger partial charge < -0.3 is 4.74 Å². The van der Waals surface area contributed by atoms with E-state index in [-0.39, 0.29) is 11.7 Å². The predicted molar refractivity (Wildman–Crippen MR) is 76.7 cm³/mol. The lowest BCUT2D eigenvalue weighted by Gasteiger charge is -2.15. The fourth-order valence-corrected chi connectivity index (χ4v) is 2.09. The highest BCUT2D eigenvalue weighted by atomic mass is 16.5. The van der Waals surface area contributed by atoms with Crippen molar-refractivity contribution in [3.05, 3.63) is 39.7 Å². The number of ether oxygens (including phenoxy) is 1. The molecule has 4 nitrogen and oxygen atoms in total. The number of rotatable bonds is 3. The Kier molecular flexibility index (Phi) is 3.51. The summed E-state index contributed by atoms with van der Waals surface area (Å²) in [7, 11) is 1.71. The number of aryl methyl sites for hydroxylation is 3. The Hall–Kier alpha value is -1.97. The maximum Gasteiger partial charge on any atom is 0.266 e. The third-order valence-electron chi connectivity index (χ3n) is 3.06. The lowest BCUT2D eigenvalue weighted by atomic mass is 10.0. The van der Waals surface area contributed by atoms with E-state index >= 15 is 0 Å². The van der Waals surface area contributed by atoms with Crippen molar-refractivity contribution in [1.82, 2.24) is 9.78 Å². The fourth-order valence-electron chi connectivity index (χ4n) is 2.09. The average molecular weight is 260 g/mol. The first kappa shape index (κ1) is 13.5. The van der Waals surface area contributed by atoms with Crippen LogP contribution in [0.1, 0.15) is 25.0 Å². The molecule has 0 spiro atoms. The van der Waals surface area contributed by atoms with E-state index < -0.39 is 0 Å². The zero-order chi connectivity index (χ0) is 14.2. The van der Waals surface area contributed by atoms with E-state index in [1.807, 2.05) is 33.8 Å². The molecule has 0 fully saturated rings. The predicted octanol–water partition coefficient (Wildman–Crippen LogP) is 2.78. The molecule has 0 aliphatic rings. The van der Waals surface area contributed by atoms with Crippen molar-refractivity contribution in [1.29, 1.82) is 0 Å². The van der Waals surface area contributed by atoms with Crippen LogP contribution in [-0.2, 0) is 7.05 Å². The largest absolute Gasteiger partial charge is 0.491 e. The number of hydrogen-bond donors (Lipinski definition) is 1. The Bertz CT molecular complexity index is 651. The van der Waals surface area contributed by atoms with Gasteiger partial charge >= 0.3 is 0 Å². The molecule has 0 saturated carbocycles. The highest BCUT2D eigenvalue weighted by Gasteiger charge is 2.11. The lowest BCUT2D eigenvalue weighted by Crippen LogP contribution is -2.09. The molecule has 19 heavy (non-hydrogen) atoms. The molecule has 2 aromatic rings. The molecule has 0 bridgehead atoms. The van der Waals surface area contributed by atoms with Gasteiger partial charge in [-0.1, -0.05) is 0 Å². The van der Waals surface area contributed by atoms with Gasteiger partial charge in [-0.3, -0.25) is 14.6 Å². The third-order valence-corrected chi connectivity index (χ3v) is 3.06. The van der Waals surface area contributed by atoms with Crippen molar-refractivity contribution in [2.75, 3.05) is 0 Å². The molecule has 102 valence electrons. The standard InChI is InChI=1S/C15H20N2O2/c1-9(2)19-14-7-10(3)12(6-11(14)4)13-8-15(18)17(5)16-13/h6-9,16H,1-5H3. The number of aromatic nitrogens is 2. The molecule has 0 aliphatic heterocycles. The molecule has 0 saturated heterocycles. The van der Waals surface area contributed by atoms with Gasteiger partial charge in [0.15, 0.2) is 0 Å². The zero-order valence-corrected chi connectivity index (χ0v) is 12.1. The molecule has 1 heterocycles. The first-order valence-corrected chi connectivity index (χ1v) is 6.43. The SMILES string of the molecule is Cc1cc(-c2cc(=O)n(C)[nH]2)c(C)cc1OC(C)C. The van der Waals surface area contributed by atoms with Crippen molar-refractivity contribution in [2.24, 2.45) is 7.05 Å². The molecule has 1 aromatic heterocycles. The van der Waals surface area contributed by atoms with Gasteiger partial charge in [0.25, 0.3) is 5.56 Å². The van der Waals surface area contributed by atoms with Gasteiger partial charge in [0.2, 0.25) is 0 Å². The van der Waals surface area contributed by atoms with Gasteiger partial charge in [0.1, 0.15) is 5.75 Å². The Morgan fingerprint density at radius 3 is 2.37 bits per heavy atom. The Balaban J connectivity index is 2.48. The average Bonchev–Trinajstić information content (AvgIpc) is 2.63. The summed E-state index contributed by atoms with van der Waals surface area (Å²) in [5, 5.41) is 3.05. The van der Waals surface area contributed by atoms with Gasteiger partial charge in [-0.15, -0.1) is 0 Å². The summed E-state index contributed by atoms with van der Waals surface area (Å²) < 4.78 is 7.24. The number of nitrogens with zero attached hydrogens (tertiary/aromatic N) is 1. The Morgan fingerprint density at radius 2 is 1.84 bits per heavy atom. The minimum Gasteiger partial charge on any atom is -0.491 e. The van der Waals surface area contributed by atoms with Crippen LogP contribution in [0.4, 0.5) is 0 Å². The van der Waals surface area contributed by atoms with Crippen LogP contribution in [0.3, 0.4) is 0 Å². The molecule has 4 heteroatoms. The molecule has 1 aromatic carbocycles. The fraction of sp³-hybridized carbons (Fsp3) is 0.400. The topological polar surface area (TPSA) is 47.0 Å². The second-order valence-corrected chi connectivity index (χ2v) is 5.17. The van der Waals surface area contributed by atoms with Crippen LogP contribution >= 0.6 is 0 Å². The Morgan fingerprint density at radius 1 is 1.16 bits per heavy atom. The summed E-state index contributed by atoms with van der Waals surface area (Å²) in [6.45, 7) is 8.06. The van der Waals surface area contributed by atoms with Crippen LogP contribution in [0.15, 0.2) is 23.0 Å². The number of hydrogen-bond acceptors (Lipinski definition) is 2. The van der Waals surface area contributed by atoms with Crippen molar-refractivity contribution < 1.29 is 4.74 Å². The summed E-state index contributed by atoms with van der Waals surface area (Å²) in [4.78, 5) is 11.5. The highest BCUT2D eigenvalue weighted by Crippen LogP contribution is 2.29. The maximum absolute atomic E-state index is 11.5. The lowest BCUT2D eigenvalue weighted by molar-refractivity contribution is 0.240. The third kappa shape index (κ3) is 2.72. The van der Waals surface area contributed by atoms with Crippen LogP contribution in [0.25, 0.3) is 11.3 Å². The van der Waals surface area contributed by atoms with Gasteiger partial charge in [-0.25, -0.2) is 0 Å². The molecule has 2 rings (SSSR count). The zero-order valence-electron chi connectivity index (χ0n) is 12.1. The van der Waals surface area contributed by atoms with Crippen molar-refractivity contribution in [2.45, 2.75) is 33.8 Å². The number of benzene rings is 1. The molecule has 0 atom stereocenters. The summed E-state index contributed by atoms with van der Waals surface area (Å²) in [5.41, 5.74) is 3.99. The van der Waals surface area contributed by atoms with Crippen LogP contribution in [0.5, 0.6) is 5.75 Å². The van der Waals surface area contributed by atoms with Gasteiger partial charge in [-0.05, 0) is 51.0 Å². The molecule has 0 unspecified atom stereocenters. The smallest absolute Gasteiger partial charge is 0.266 e. The quantitative estimate of drug-likeness (QED) is 0.922. The van der Waals surface area contributed by atoms with Crippen molar-refractivity contribution in [3.63, 3.8) is 0 Å². The second-order valence-electron chi connectivity index (χ2n) is 5.17. The summed E-state index contributed by atoms with van der Waals surface area (Å²) in [6.07, 6.45) is 0.153. The van der Waals surface area contributed by atoms with E-state index in [2.05, 4.69) is 11.2 Å². The first-order valence-electron chi connectivity index (χ1n) is 6.43. The summed E-state index contributed by atoms with van der Waals surface area (Å²) in [6, 6.07) is 5.69. The summed E-state index contributed by atoms with van der Waals surface area (Å²) in [5.74, 6) is 0.898. The van der Waals surface area contributed by atoms with Crippen LogP contribution < -0.4 is 10.3 Å². The summed E-state index contributed by atoms with van der Waals surface area (Å²) >= 11 is 0. The maximum atomic E-state index is 11.5. The number of aromatic amines is 1. The van der Waals surface area contributed by atoms with Gasteiger partial charge in [0, 0.05) is 18.7 Å². The van der Waals surface area contributed by atoms with E-state index in [0.29, 0.717) is 0 Å². The highest BCUT2D eigenvalue weighted by molar-refractivity contribution is 5.66. The van der Waals surface area contributed by atoms with Crippen molar-refractivity contribution in [3.8, 4) is 17.0 Å². The normalized spacial score (nSPS) is 11.1. The monoisotopic (exact) mass is 260 g/mol. The first-order chi connectivity index (χ1) is 8.88. The van der Waals surface area contributed by atoms with E-state index in [1.165, 1.54) is 4.68 Å².